The number of sulfone groups is 1. The van der Waals surface area contributed by atoms with Gasteiger partial charge >= 0.3 is 0 Å². The van der Waals surface area contributed by atoms with Gasteiger partial charge in [0.05, 0.1) is 6.61 Å². The van der Waals surface area contributed by atoms with Crippen molar-refractivity contribution in [2.75, 3.05) is 25.9 Å². The van der Waals surface area contributed by atoms with E-state index in [2.05, 4.69) is 29.0 Å². The first-order valence-electron chi connectivity index (χ1n) is 10.4. The molecule has 2 aliphatic heterocycles. The molecule has 2 unspecified atom stereocenters. The normalized spacial score (nSPS) is 23.8. The van der Waals surface area contributed by atoms with Crippen LogP contribution >= 0.6 is 11.3 Å². The molecule has 0 spiro atoms. The highest BCUT2D eigenvalue weighted by Gasteiger charge is 2.30. The topological polar surface area (TPSA) is 49.9 Å². The smallest absolute Gasteiger partial charge is 0.184 e. The van der Waals surface area contributed by atoms with Gasteiger partial charge in [0, 0.05) is 36.3 Å². The lowest BCUT2D eigenvalue weighted by Gasteiger charge is -2.30. The molecule has 29 heavy (non-hydrogen) atoms. The highest BCUT2D eigenvalue weighted by atomic mass is 32.2. The van der Waals surface area contributed by atoms with Gasteiger partial charge in [-0.2, -0.15) is 5.06 Å². The monoisotopic (exact) mass is 434 g/mol. The Morgan fingerprint density at radius 3 is 2.48 bits per heavy atom. The van der Waals surface area contributed by atoms with Crippen molar-refractivity contribution < 1.29 is 13.3 Å². The third-order valence-electron chi connectivity index (χ3n) is 6.04. The van der Waals surface area contributed by atoms with Gasteiger partial charge in [0.1, 0.15) is 4.21 Å². The molecule has 158 valence electrons. The Labute approximate surface area is 178 Å². The number of hydrogen-bond donors (Lipinski definition) is 0. The Hall–Kier alpha value is -1.25. The third kappa shape index (κ3) is 5.09. The zero-order valence-electron chi connectivity index (χ0n) is 17.2. The van der Waals surface area contributed by atoms with Crippen LogP contribution in [-0.4, -0.2) is 56.4 Å². The molecular formula is C22H30N2O3S2. The third-order valence-corrected chi connectivity index (χ3v) is 9.00. The lowest BCUT2D eigenvalue weighted by molar-refractivity contribution is -0.182. The van der Waals surface area contributed by atoms with E-state index < -0.39 is 9.84 Å². The van der Waals surface area contributed by atoms with E-state index in [4.69, 9.17) is 4.84 Å². The average Bonchev–Trinajstić information content (AvgIpc) is 3.42. The van der Waals surface area contributed by atoms with E-state index in [1.165, 1.54) is 49.8 Å². The summed E-state index contributed by atoms with van der Waals surface area (Å²) in [5.41, 5.74) is 2.17. The number of hydroxylamine groups is 2. The maximum absolute atomic E-state index is 11.7. The molecule has 2 aromatic rings. The van der Waals surface area contributed by atoms with Crippen LogP contribution in [0.3, 0.4) is 0 Å². The van der Waals surface area contributed by atoms with Crippen molar-refractivity contribution in [2.45, 2.75) is 55.5 Å². The molecule has 2 aliphatic rings. The minimum atomic E-state index is -3.14. The van der Waals surface area contributed by atoms with Crippen LogP contribution in [0.2, 0.25) is 0 Å². The van der Waals surface area contributed by atoms with E-state index in [9.17, 15) is 8.42 Å². The number of hydrogen-bond acceptors (Lipinski definition) is 6. The van der Waals surface area contributed by atoms with E-state index in [1.54, 1.807) is 6.07 Å². The summed E-state index contributed by atoms with van der Waals surface area (Å²) in [7, 11) is -3.14. The highest BCUT2D eigenvalue weighted by molar-refractivity contribution is 7.92. The van der Waals surface area contributed by atoms with Crippen molar-refractivity contribution in [3.05, 3.63) is 42.0 Å². The minimum Gasteiger partial charge on any atom is -0.299 e. The Kier molecular flexibility index (Phi) is 6.41. The predicted octanol–water partition coefficient (Wildman–Crippen LogP) is 4.20. The lowest BCUT2D eigenvalue weighted by Crippen LogP contribution is -2.41. The summed E-state index contributed by atoms with van der Waals surface area (Å²) >= 11 is 1.32. The van der Waals surface area contributed by atoms with Gasteiger partial charge in [0.25, 0.3) is 0 Å². The standard InChI is InChI=1S/C22H30N2O3S2/c1-17-5-3-13-23(17)15-20-6-4-14-24(20)27-16-18-7-9-19(10-8-18)21-11-12-22(28-21)29(2,25)26/h7-12,17,20H,3-6,13-16H2,1-2H3. The van der Waals surface area contributed by atoms with Crippen molar-refractivity contribution in [3.63, 3.8) is 0 Å². The van der Waals surface area contributed by atoms with E-state index >= 15 is 0 Å². The van der Waals surface area contributed by atoms with Crippen LogP contribution in [0.25, 0.3) is 10.4 Å². The minimum absolute atomic E-state index is 0.410. The van der Waals surface area contributed by atoms with Gasteiger partial charge in [-0.15, -0.1) is 11.3 Å². The second-order valence-corrected chi connectivity index (χ2v) is 11.6. The van der Waals surface area contributed by atoms with Crippen LogP contribution in [0.4, 0.5) is 0 Å². The predicted molar refractivity (Wildman–Crippen MR) is 118 cm³/mol. The molecule has 1 aromatic heterocycles. The summed E-state index contributed by atoms with van der Waals surface area (Å²) in [5.74, 6) is 0. The van der Waals surface area contributed by atoms with Gasteiger partial charge in [0.15, 0.2) is 9.84 Å². The van der Waals surface area contributed by atoms with Gasteiger partial charge in [-0.3, -0.25) is 9.74 Å². The summed E-state index contributed by atoms with van der Waals surface area (Å²) in [5, 5.41) is 2.19. The van der Waals surface area contributed by atoms with E-state index in [-0.39, 0.29) is 0 Å². The molecule has 0 saturated carbocycles. The number of benzene rings is 1. The van der Waals surface area contributed by atoms with Crippen LogP contribution in [0.15, 0.2) is 40.6 Å². The van der Waals surface area contributed by atoms with Gasteiger partial charge < -0.3 is 0 Å². The first kappa shape index (κ1) is 21.0. The Bertz CT molecular complexity index is 924. The number of rotatable bonds is 7. The SMILES string of the molecule is CC1CCCN1CC1CCCN1OCc1ccc(-c2ccc(S(C)(=O)=O)s2)cc1. The van der Waals surface area contributed by atoms with Gasteiger partial charge in [-0.1, -0.05) is 24.3 Å². The van der Waals surface area contributed by atoms with Crippen LogP contribution in [-0.2, 0) is 21.3 Å². The molecule has 4 rings (SSSR count). The first-order chi connectivity index (χ1) is 13.9. The zero-order valence-corrected chi connectivity index (χ0v) is 18.8. The molecule has 2 atom stereocenters. The molecule has 2 saturated heterocycles. The fourth-order valence-corrected chi connectivity index (χ4v) is 6.23. The first-order valence-corrected chi connectivity index (χ1v) is 13.1. The molecule has 0 bridgehead atoms. The molecular weight excluding hydrogens is 404 g/mol. The van der Waals surface area contributed by atoms with Crippen LogP contribution in [0.1, 0.15) is 38.2 Å². The molecule has 0 N–H and O–H groups in total. The summed E-state index contributed by atoms with van der Waals surface area (Å²) in [6.45, 7) is 6.25. The molecule has 5 nitrogen and oxygen atoms in total. The fourth-order valence-electron chi connectivity index (χ4n) is 4.29. The summed E-state index contributed by atoms with van der Waals surface area (Å²) in [6.07, 6.45) is 6.29. The summed E-state index contributed by atoms with van der Waals surface area (Å²) < 4.78 is 23.8. The molecule has 2 fully saturated rings. The van der Waals surface area contributed by atoms with Crippen LogP contribution < -0.4 is 0 Å². The van der Waals surface area contributed by atoms with E-state index in [0.717, 1.165) is 29.1 Å². The molecule has 7 heteroatoms. The maximum atomic E-state index is 11.7. The number of likely N-dealkylation sites (tertiary alicyclic amines) is 1. The molecule has 0 radical (unpaired) electrons. The number of nitrogens with zero attached hydrogens (tertiary/aromatic N) is 2. The quantitative estimate of drug-likeness (QED) is 0.654. The van der Waals surface area contributed by atoms with Gasteiger partial charge in [-0.25, -0.2) is 8.42 Å². The fraction of sp³-hybridized carbons (Fsp3) is 0.545. The Balaban J connectivity index is 1.33. The van der Waals surface area contributed by atoms with Gasteiger partial charge in [0.2, 0.25) is 0 Å². The van der Waals surface area contributed by atoms with E-state index in [1.807, 2.05) is 18.2 Å². The van der Waals surface area contributed by atoms with Crippen LogP contribution in [0, 0.1) is 0 Å². The molecule has 0 amide bonds. The lowest BCUT2D eigenvalue weighted by atomic mass is 10.1. The Morgan fingerprint density at radius 1 is 1.07 bits per heavy atom. The summed E-state index contributed by atoms with van der Waals surface area (Å²) in [6, 6.07) is 13.0. The number of thiophene rings is 1. The van der Waals surface area contributed by atoms with Crippen molar-refractivity contribution >= 4 is 21.2 Å². The maximum Gasteiger partial charge on any atom is 0.184 e. The highest BCUT2D eigenvalue weighted by Crippen LogP contribution is 2.31. The van der Waals surface area contributed by atoms with Crippen LogP contribution in [0.5, 0.6) is 0 Å². The Morgan fingerprint density at radius 2 is 1.83 bits per heavy atom. The van der Waals surface area contributed by atoms with E-state index in [0.29, 0.717) is 22.9 Å². The summed E-state index contributed by atoms with van der Waals surface area (Å²) in [4.78, 5) is 9.75. The van der Waals surface area contributed by atoms with Crippen molar-refractivity contribution in [2.24, 2.45) is 0 Å². The second-order valence-electron chi connectivity index (χ2n) is 8.28. The molecule has 1 aromatic carbocycles. The average molecular weight is 435 g/mol. The van der Waals surface area contributed by atoms with Crippen molar-refractivity contribution in [1.82, 2.24) is 9.96 Å². The van der Waals surface area contributed by atoms with Gasteiger partial charge in [-0.05, 0) is 62.4 Å². The second kappa shape index (κ2) is 8.86. The molecule has 3 heterocycles. The van der Waals surface area contributed by atoms with Crippen molar-refractivity contribution in [3.8, 4) is 10.4 Å². The largest absolute Gasteiger partial charge is 0.299 e. The van der Waals surface area contributed by atoms with Crippen molar-refractivity contribution in [1.29, 1.82) is 0 Å². The molecule has 0 aliphatic carbocycles. The zero-order chi connectivity index (χ0) is 20.4.